The number of likely N-dealkylation sites (N-methyl/N-ethyl adjacent to an activating group) is 1. The average molecular weight is 298 g/mol. The van der Waals surface area contributed by atoms with Gasteiger partial charge in [0.1, 0.15) is 6.04 Å². The lowest BCUT2D eigenvalue weighted by Crippen LogP contribution is -2.50. The summed E-state index contributed by atoms with van der Waals surface area (Å²) >= 11 is 0. The molecule has 0 radical (unpaired) electrons. The zero-order valence-electron chi connectivity index (χ0n) is 12.7. The van der Waals surface area contributed by atoms with Gasteiger partial charge in [-0.05, 0) is 26.3 Å². The maximum atomic E-state index is 11.9. The standard InChI is InChI=1S/C14H26N4O3/c1-18-6-7-21-11(10-18)8-15-9-13(19)17-12-4-2-3-5-16-14(12)20/h11-12,15H,2-10H2,1H3,(H,16,20)(H,17,19)/t11-,12+/m1/s1. The van der Waals surface area contributed by atoms with E-state index in [0.717, 1.165) is 32.5 Å². The minimum atomic E-state index is -0.390. The highest BCUT2D eigenvalue weighted by molar-refractivity contribution is 5.88. The minimum Gasteiger partial charge on any atom is -0.374 e. The van der Waals surface area contributed by atoms with Crippen LogP contribution in [0.3, 0.4) is 0 Å². The summed E-state index contributed by atoms with van der Waals surface area (Å²) in [5.74, 6) is -0.209. The predicted octanol–water partition coefficient (Wildman–Crippen LogP) is -1.31. The van der Waals surface area contributed by atoms with Gasteiger partial charge in [0, 0.05) is 26.2 Å². The van der Waals surface area contributed by atoms with Gasteiger partial charge < -0.3 is 25.6 Å². The highest BCUT2D eigenvalue weighted by Gasteiger charge is 2.22. The van der Waals surface area contributed by atoms with Gasteiger partial charge in [-0.15, -0.1) is 0 Å². The molecule has 2 atom stereocenters. The van der Waals surface area contributed by atoms with E-state index in [4.69, 9.17) is 4.74 Å². The fraction of sp³-hybridized carbons (Fsp3) is 0.857. The third-order valence-corrected chi connectivity index (χ3v) is 3.87. The molecule has 2 heterocycles. The van der Waals surface area contributed by atoms with Gasteiger partial charge in [0.2, 0.25) is 11.8 Å². The molecule has 2 fully saturated rings. The van der Waals surface area contributed by atoms with Crippen LogP contribution in [0.5, 0.6) is 0 Å². The van der Waals surface area contributed by atoms with Crippen molar-refractivity contribution < 1.29 is 14.3 Å². The van der Waals surface area contributed by atoms with Crippen molar-refractivity contribution in [3.8, 4) is 0 Å². The van der Waals surface area contributed by atoms with Gasteiger partial charge in [0.15, 0.2) is 0 Å². The number of amides is 2. The molecule has 0 aromatic heterocycles. The number of nitrogens with one attached hydrogen (secondary N) is 3. The Balaban J connectivity index is 1.63. The van der Waals surface area contributed by atoms with Gasteiger partial charge in [-0.1, -0.05) is 0 Å². The van der Waals surface area contributed by atoms with Crippen molar-refractivity contribution in [3.63, 3.8) is 0 Å². The van der Waals surface area contributed by atoms with Crippen molar-refractivity contribution in [2.75, 3.05) is 46.4 Å². The van der Waals surface area contributed by atoms with Crippen LogP contribution in [0.4, 0.5) is 0 Å². The zero-order valence-corrected chi connectivity index (χ0v) is 12.7. The Kier molecular flexibility index (Phi) is 6.41. The van der Waals surface area contributed by atoms with Gasteiger partial charge >= 0.3 is 0 Å². The Hall–Kier alpha value is -1.18. The molecule has 2 rings (SSSR count). The van der Waals surface area contributed by atoms with E-state index < -0.39 is 0 Å². The molecule has 21 heavy (non-hydrogen) atoms. The molecule has 2 aliphatic heterocycles. The molecule has 0 spiro atoms. The molecule has 0 bridgehead atoms. The molecule has 0 saturated carbocycles. The lowest BCUT2D eigenvalue weighted by molar-refractivity contribution is -0.128. The molecule has 120 valence electrons. The van der Waals surface area contributed by atoms with E-state index in [9.17, 15) is 9.59 Å². The predicted molar refractivity (Wildman–Crippen MR) is 78.9 cm³/mol. The third kappa shape index (κ3) is 5.61. The number of nitrogens with zero attached hydrogens (tertiary/aromatic N) is 1. The van der Waals surface area contributed by atoms with Crippen LogP contribution in [-0.2, 0) is 14.3 Å². The number of carbonyl (C=O) groups is 2. The van der Waals surface area contributed by atoms with Crippen LogP contribution in [0.15, 0.2) is 0 Å². The van der Waals surface area contributed by atoms with Crippen LogP contribution in [0.25, 0.3) is 0 Å². The molecule has 0 aromatic rings. The number of ether oxygens (including phenoxy) is 1. The van der Waals surface area contributed by atoms with Crippen molar-refractivity contribution >= 4 is 11.8 Å². The molecule has 3 N–H and O–H groups in total. The van der Waals surface area contributed by atoms with Gasteiger partial charge in [-0.2, -0.15) is 0 Å². The lowest BCUT2D eigenvalue weighted by Gasteiger charge is -2.30. The first kappa shape index (κ1) is 16.2. The number of morpholine rings is 1. The van der Waals surface area contributed by atoms with Crippen LogP contribution in [0, 0.1) is 0 Å². The van der Waals surface area contributed by atoms with Crippen molar-refractivity contribution in [1.29, 1.82) is 0 Å². The van der Waals surface area contributed by atoms with Crippen LogP contribution in [0.2, 0.25) is 0 Å². The number of hydrogen-bond acceptors (Lipinski definition) is 5. The fourth-order valence-corrected chi connectivity index (χ4v) is 2.66. The third-order valence-electron chi connectivity index (χ3n) is 3.87. The molecular formula is C14H26N4O3. The topological polar surface area (TPSA) is 82.7 Å². The number of rotatable bonds is 5. The van der Waals surface area contributed by atoms with Crippen molar-refractivity contribution in [3.05, 3.63) is 0 Å². The summed E-state index contributed by atoms with van der Waals surface area (Å²) < 4.78 is 5.61. The van der Waals surface area contributed by atoms with E-state index in [2.05, 4.69) is 27.9 Å². The van der Waals surface area contributed by atoms with Gasteiger partial charge in [0.05, 0.1) is 19.3 Å². The Morgan fingerprint density at radius 1 is 1.48 bits per heavy atom. The summed E-state index contributed by atoms with van der Waals surface area (Å²) in [5, 5.41) is 8.70. The highest BCUT2D eigenvalue weighted by atomic mass is 16.5. The van der Waals surface area contributed by atoms with E-state index in [0.29, 0.717) is 19.5 Å². The van der Waals surface area contributed by atoms with Gasteiger partial charge in [-0.25, -0.2) is 0 Å². The molecule has 0 unspecified atom stereocenters. The summed E-state index contributed by atoms with van der Waals surface area (Å²) in [7, 11) is 2.06. The Bertz CT molecular complexity index is 364. The summed E-state index contributed by atoms with van der Waals surface area (Å²) in [5.41, 5.74) is 0. The largest absolute Gasteiger partial charge is 0.374 e. The molecule has 7 nitrogen and oxygen atoms in total. The normalized spacial score (nSPS) is 27.8. The smallest absolute Gasteiger partial charge is 0.242 e. The van der Waals surface area contributed by atoms with E-state index in [1.807, 2.05) is 0 Å². The Morgan fingerprint density at radius 2 is 2.33 bits per heavy atom. The highest BCUT2D eigenvalue weighted by Crippen LogP contribution is 2.05. The van der Waals surface area contributed by atoms with Crippen LogP contribution >= 0.6 is 0 Å². The van der Waals surface area contributed by atoms with Crippen LogP contribution in [0.1, 0.15) is 19.3 Å². The summed E-state index contributed by atoms with van der Waals surface area (Å²) in [6.45, 7) is 4.13. The zero-order chi connectivity index (χ0) is 15.1. The molecule has 0 aromatic carbocycles. The first-order chi connectivity index (χ1) is 10.1. The molecule has 2 aliphatic rings. The molecule has 2 saturated heterocycles. The average Bonchev–Trinajstić information content (AvgIpc) is 2.64. The van der Waals surface area contributed by atoms with Crippen molar-refractivity contribution in [2.24, 2.45) is 0 Å². The second kappa shape index (κ2) is 8.31. The quantitative estimate of drug-likeness (QED) is 0.587. The maximum Gasteiger partial charge on any atom is 0.242 e. The number of hydrogen-bond donors (Lipinski definition) is 3. The first-order valence-electron chi connectivity index (χ1n) is 7.73. The molecule has 7 heteroatoms. The summed E-state index contributed by atoms with van der Waals surface area (Å²) in [4.78, 5) is 25.8. The first-order valence-corrected chi connectivity index (χ1v) is 7.73. The van der Waals surface area contributed by atoms with E-state index in [1.54, 1.807) is 0 Å². The van der Waals surface area contributed by atoms with E-state index in [-0.39, 0.29) is 30.5 Å². The fourth-order valence-electron chi connectivity index (χ4n) is 2.66. The van der Waals surface area contributed by atoms with E-state index >= 15 is 0 Å². The Labute approximate surface area is 125 Å². The second-order valence-corrected chi connectivity index (χ2v) is 5.79. The van der Waals surface area contributed by atoms with E-state index in [1.165, 1.54) is 0 Å². The number of carbonyl (C=O) groups excluding carboxylic acids is 2. The van der Waals surface area contributed by atoms with Crippen LogP contribution in [-0.4, -0.2) is 75.2 Å². The van der Waals surface area contributed by atoms with Crippen molar-refractivity contribution in [1.82, 2.24) is 20.9 Å². The monoisotopic (exact) mass is 298 g/mol. The SMILES string of the molecule is CN1CCO[C@H](CNCC(=O)N[C@H]2CCCCNC2=O)C1. The van der Waals surface area contributed by atoms with Crippen LogP contribution < -0.4 is 16.0 Å². The second-order valence-electron chi connectivity index (χ2n) is 5.79. The van der Waals surface area contributed by atoms with Gasteiger partial charge in [-0.3, -0.25) is 9.59 Å². The van der Waals surface area contributed by atoms with Gasteiger partial charge in [0.25, 0.3) is 0 Å². The summed E-state index contributed by atoms with van der Waals surface area (Å²) in [6.07, 6.45) is 2.77. The summed E-state index contributed by atoms with van der Waals surface area (Å²) in [6, 6.07) is -0.390. The maximum absolute atomic E-state index is 11.9. The Morgan fingerprint density at radius 3 is 3.14 bits per heavy atom. The molecule has 0 aliphatic carbocycles. The molecule has 2 amide bonds. The lowest BCUT2D eigenvalue weighted by atomic mass is 10.1. The van der Waals surface area contributed by atoms with Crippen molar-refractivity contribution in [2.45, 2.75) is 31.4 Å². The molecular weight excluding hydrogens is 272 g/mol. The minimum absolute atomic E-state index is 0.0712.